The number of rotatable bonds is 2. The molecule has 4 unspecified atom stereocenters. The van der Waals surface area contributed by atoms with Crippen LogP contribution in [0, 0.1) is 5.41 Å². The maximum absolute atomic E-state index is 10.3. The molecule has 8 nitrogen and oxygen atoms in total. The average Bonchev–Trinajstić information content (AvgIpc) is 3.10. The van der Waals surface area contributed by atoms with E-state index in [1.165, 1.54) is 6.33 Å². The SMILES string of the molecule is Nc1ncnc2c1ncn2C1CC2(CO)COC1C2O. The minimum Gasteiger partial charge on any atom is -0.396 e. The van der Waals surface area contributed by atoms with E-state index in [9.17, 15) is 10.2 Å². The van der Waals surface area contributed by atoms with Gasteiger partial charge in [-0.2, -0.15) is 0 Å². The van der Waals surface area contributed by atoms with Gasteiger partial charge in [0, 0.05) is 5.41 Å². The summed E-state index contributed by atoms with van der Waals surface area (Å²) in [4.78, 5) is 12.4. The van der Waals surface area contributed by atoms with Gasteiger partial charge in [0.1, 0.15) is 17.9 Å². The zero-order valence-electron chi connectivity index (χ0n) is 10.7. The predicted octanol–water partition coefficient (Wildman–Crippen LogP) is -0.908. The summed E-state index contributed by atoms with van der Waals surface area (Å²) in [6.45, 7) is 0.292. The van der Waals surface area contributed by atoms with Crippen molar-refractivity contribution < 1.29 is 14.9 Å². The molecule has 0 spiro atoms. The highest BCUT2D eigenvalue weighted by Crippen LogP contribution is 2.51. The van der Waals surface area contributed by atoms with Gasteiger partial charge in [0.25, 0.3) is 0 Å². The zero-order valence-corrected chi connectivity index (χ0v) is 10.7. The van der Waals surface area contributed by atoms with Gasteiger partial charge in [0.2, 0.25) is 0 Å². The Bertz CT molecular complexity index is 674. The quantitative estimate of drug-likeness (QED) is 0.650. The number of aromatic nitrogens is 4. The second-order valence-electron chi connectivity index (χ2n) is 5.60. The van der Waals surface area contributed by atoms with Crippen molar-refractivity contribution in [3.8, 4) is 0 Å². The number of nitrogens with two attached hydrogens (primary N) is 1. The predicted molar refractivity (Wildman–Crippen MR) is 68.7 cm³/mol. The van der Waals surface area contributed by atoms with Crippen molar-refractivity contribution >= 4 is 17.0 Å². The van der Waals surface area contributed by atoms with E-state index in [1.54, 1.807) is 6.33 Å². The highest BCUT2D eigenvalue weighted by molar-refractivity contribution is 5.81. The van der Waals surface area contributed by atoms with Gasteiger partial charge in [-0.15, -0.1) is 0 Å². The van der Waals surface area contributed by atoms with Crippen LogP contribution in [-0.2, 0) is 4.74 Å². The van der Waals surface area contributed by atoms with Crippen LogP contribution in [0.4, 0.5) is 5.82 Å². The smallest absolute Gasteiger partial charge is 0.165 e. The van der Waals surface area contributed by atoms with Crippen LogP contribution in [0.3, 0.4) is 0 Å². The Labute approximate surface area is 114 Å². The minimum absolute atomic E-state index is 0.0923. The molecule has 2 bridgehead atoms. The summed E-state index contributed by atoms with van der Waals surface area (Å²) in [7, 11) is 0. The zero-order chi connectivity index (χ0) is 13.9. The Kier molecular flexibility index (Phi) is 2.33. The Hall–Kier alpha value is -1.77. The molecule has 2 fully saturated rings. The molecule has 1 aliphatic heterocycles. The molecule has 0 amide bonds. The summed E-state index contributed by atoms with van der Waals surface area (Å²) >= 11 is 0. The van der Waals surface area contributed by atoms with Crippen LogP contribution < -0.4 is 5.73 Å². The van der Waals surface area contributed by atoms with Crippen LogP contribution in [0.1, 0.15) is 12.5 Å². The van der Waals surface area contributed by atoms with E-state index >= 15 is 0 Å². The first-order valence-electron chi connectivity index (χ1n) is 6.50. The van der Waals surface area contributed by atoms with Gasteiger partial charge in [0.15, 0.2) is 11.5 Å². The summed E-state index contributed by atoms with van der Waals surface area (Å²) < 4.78 is 7.50. The summed E-state index contributed by atoms with van der Waals surface area (Å²) in [5.74, 6) is 0.329. The third-order valence-corrected chi connectivity index (χ3v) is 4.56. The molecule has 20 heavy (non-hydrogen) atoms. The number of nitrogen functional groups attached to an aromatic ring is 1. The molecule has 4 rings (SSSR count). The number of ether oxygens (including phenoxy) is 1. The van der Waals surface area contributed by atoms with Gasteiger partial charge in [-0.3, -0.25) is 0 Å². The molecule has 0 radical (unpaired) electrons. The second-order valence-corrected chi connectivity index (χ2v) is 5.60. The molecule has 1 aliphatic carbocycles. The van der Waals surface area contributed by atoms with Gasteiger partial charge >= 0.3 is 0 Å². The Morgan fingerprint density at radius 1 is 1.45 bits per heavy atom. The van der Waals surface area contributed by atoms with Crippen LogP contribution in [0.2, 0.25) is 0 Å². The maximum atomic E-state index is 10.3. The lowest BCUT2D eigenvalue weighted by atomic mass is 9.87. The molecule has 2 aliphatic rings. The van der Waals surface area contributed by atoms with Gasteiger partial charge in [-0.1, -0.05) is 0 Å². The van der Waals surface area contributed by atoms with Crippen LogP contribution >= 0.6 is 0 Å². The van der Waals surface area contributed by atoms with Gasteiger partial charge in [0.05, 0.1) is 31.7 Å². The first kappa shape index (κ1) is 12.0. The monoisotopic (exact) mass is 277 g/mol. The molecule has 4 N–H and O–H groups in total. The van der Waals surface area contributed by atoms with Crippen molar-refractivity contribution in [1.82, 2.24) is 19.5 Å². The van der Waals surface area contributed by atoms with E-state index in [0.717, 1.165) is 0 Å². The van der Waals surface area contributed by atoms with E-state index in [1.807, 2.05) is 4.57 Å². The normalized spacial score (nSPS) is 36.0. The van der Waals surface area contributed by atoms with Crippen molar-refractivity contribution in [3.05, 3.63) is 12.7 Å². The highest BCUT2D eigenvalue weighted by atomic mass is 16.5. The highest BCUT2D eigenvalue weighted by Gasteiger charge is 2.59. The molecule has 8 heteroatoms. The number of aliphatic hydroxyl groups excluding tert-OH is 2. The first-order valence-corrected chi connectivity index (χ1v) is 6.50. The average molecular weight is 277 g/mol. The maximum Gasteiger partial charge on any atom is 0.165 e. The summed E-state index contributed by atoms with van der Waals surface area (Å²) in [5.41, 5.74) is 6.37. The van der Waals surface area contributed by atoms with Crippen molar-refractivity contribution in [3.63, 3.8) is 0 Å². The van der Waals surface area contributed by atoms with Crippen LogP contribution in [0.15, 0.2) is 12.7 Å². The van der Waals surface area contributed by atoms with Crippen LogP contribution in [0.25, 0.3) is 11.2 Å². The van der Waals surface area contributed by atoms with E-state index in [-0.39, 0.29) is 18.8 Å². The Morgan fingerprint density at radius 3 is 3.05 bits per heavy atom. The van der Waals surface area contributed by atoms with Crippen LogP contribution in [-0.4, -0.2) is 55.2 Å². The third-order valence-electron chi connectivity index (χ3n) is 4.56. The molecule has 1 saturated heterocycles. The fourth-order valence-corrected chi connectivity index (χ4v) is 3.39. The molecular formula is C12H15N5O3. The second kappa shape index (κ2) is 3.87. The summed E-state index contributed by atoms with van der Waals surface area (Å²) in [6.07, 6.45) is 2.64. The Balaban J connectivity index is 1.80. The van der Waals surface area contributed by atoms with Crippen molar-refractivity contribution in [2.24, 2.45) is 5.41 Å². The summed E-state index contributed by atoms with van der Waals surface area (Å²) in [5, 5.41) is 19.9. The number of anilines is 1. The van der Waals surface area contributed by atoms with E-state index in [2.05, 4.69) is 15.0 Å². The van der Waals surface area contributed by atoms with Gasteiger partial charge < -0.3 is 25.3 Å². The number of hydrogen-bond acceptors (Lipinski definition) is 7. The molecular weight excluding hydrogens is 262 g/mol. The molecule has 2 aromatic rings. The van der Waals surface area contributed by atoms with E-state index < -0.39 is 11.5 Å². The molecule has 3 heterocycles. The Morgan fingerprint density at radius 2 is 2.30 bits per heavy atom. The number of fused-ring (bicyclic) bond motifs is 3. The van der Waals surface area contributed by atoms with Crippen molar-refractivity contribution in [2.45, 2.75) is 24.7 Å². The molecule has 106 valence electrons. The molecule has 4 atom stereocenters. The number of aliphatic hydroxyl groups is 2. The number of imidazole rings is 1. The van der Waals surface area contributed by atoms with Gasteiger partial charge in [-0.25, -0.2) is 15.0 Å². The fourth-order valence-electron chi connectivity index (χ4n) is 3.39. The largest absolute Gasteiger partial charge is 0.396 e. The van der Waals surface area contributed by atoms with Crippen molar-refractivity contribution in [2.75, 3.05) is 18.9 Å². The van der Waals surface area contributed by atoms with Crippen LogP contribution in [0.5, 0.6) is 0 Å². The lowest BCUT2D eigenvalue weighted by Crippen LogP contribution is -2.34. The van der Waals surface area contributed by atoms with Gasteiger partial charge in [-0.05, 0) is 6.42 Å². The topological polar surface area (TPSA) is 119 Å². The number of nitrogens with zero attached hydrogens (tertiary/aromatic N) is 4. The first-order chi connectivity index (χ1) is 9.66. The summed E-state index contributed by atoms with van der Waals surface area (Å²) in [6, 6.07) is -0.106. The molecule has 1 saturated carbocycles. The third kappa shape index (κ3) is 1.33. The number of hydrogen-bond donors (Lipinski definition) is 3. The van der Waals surface area contributed by atoms with E-state index in [0.29, 0.717) is 30.0 Å². The van der Waals surface area contributed by atoms with Crippen molar-refractivity contribution in [1.29, 1.82) is 0 Å². The standard InChI is InChI=1S/C12H15N5O3/c13-10-7-11(15-4-14-10)17(5-16-7)6-1-12(2-18)3-20-8(6)9(12)19/h4-6,8-9,18-19H,1-3H2,(H2,13,14,15). The van der Waals surface area contributed by atoms with E-state index in [4.69, 9.17) is 10.5 Å². The molecule has 2 aromatic heterocycles. The lowest BCUT2D eigenvalue weighted by Gasteiger charge is -2.28. The lowest BCUT2D eigenvalue weighted by molar-refractivity contribution is -0.00163. The minimum atomic E-state index is -0.672. The molecule has 0 aromatic carbocycles. The fraction of sp³-hybridized carbons (Fsp3) is 0.583.